The summed E-state index contributed by atoms with van der Waals surface area (Å²) < 4.78 is 0. The molecule has 2 heteroatoms. The van der Waals surface area contributed by atoms with Crippen molar-refractivity contribution in [2.45, 2.75) is 19.8 Å². The van der Waals surface area contributed by atoms with Crippen molar-refractivity contribution in [3.8, 4) is 0 Å². The van der Waals surface area contributed by atoms with Crippen LogP contribution in [0.15, 0.2) is 0 Å². The van der Waals surface area contributed by atoms with Crippen LogP contribution < -0.4 is 0 Å². The van der Waals surface area contributed by atoms with Crippen LogP contribution in [0.2, 0.25) is 0 Å². The smallest absolute Gasteiger partial charge is 0.134 e. The summed E-state index contributed by atoms with van der Waals surface area (Å²) in [6.45, 7) is 1.54. The first-order valence-corrected chi connectivity index (χ1v) is 2.72. The molecule has 0 spiro atoms. The fourth-order valence-electron chi connectivity index (χ4n) is 0.777. The molecule has 0 unspecified atom stereocenters. The average Bonchev–Trinajstić information content (AvgIpc) is 1.57. The molecule has 0 aromatic carbocycles. The number of carbonyl (C=O) groups is 2. The second-order valence-electron chi connectivity index (χ2n) is 2.25. The van der Waals surface area contributed by atoms with Gasteiger partial charge in [-0.1, -0.05) is 0 Å². The van der Waals surface area contributed by atoms with E-state index < -0.39 is 0 Å². The Kier molecular flexibility index (Phi) is 1.16. The van der Waals surface area contributed by atoms with E-state index in [1.165, 1.54) is 6.92 Å². The Morgan fingerprint density at radius 3 is 2.25 bits per heavy atom. The number of ketones is 2. The Morgan fingerprint density at radius 2 is 2.12 bits per heavy atom. The van der Waals surface area contributed by atoms with Gasteiger partial charge in [0.2, 0.25) is 0 Å². The van der Waals surface area contributed by atoms with Gasteiger partial charge in [-0.2, -0.15) is 0 Å². The number of rotatable bonds is 1. The van der Waals surface area contributed by atoms with Gasteiger partial charge in [-0.05, 0) is 6.92 Å². The van der Waals surface area contributed by atoms with Crippen LogP contribution in [0, 0.1) is 5.92 Å². The molecule has 44 valence electrons. The summed E-state index contributed by atoms with van der Waals surface area (Å²) in [6.07, 6.45) is 0.991. The van der Waals surface area contributed by atoms with Crippen LogP contribution in [-0.4, -0.2) is 11.6 Å². The van der Waals surface area contributed by atoms with Gasteiger partial charge in [0.05, 0.1) is 0 Å². The summed E-state index contributed by atoms with van der Waals surface area (Å²) >= 11 is 0. The molecule has 0 amide bonds. The van der Waals surface area contributed by atoms with Gasteiger partial charge >= 0.3 is 0 Å². The first kappa shape index (κ1) is 5.48. The van der Waals surface area contributed by atoms with Gasteiger partial charge < -0.3 is 0 Å². The minimum absolute atomic E-state index is 0.0718. The van der Waals surface area contributed by atoms with Crippen molar-refractivity contribution in [3.63, 3.8) is 0 Å². The van der Waals surface area contributed by atoms with E-state index in [1.54, 1.807) is 0 Å². The molecule has 8 heavy (non-hydrogen) atoms. The zero-order chi connectivity index (χ0) is 6.15. The van der Waals surface area contributed by atoms with Crippen LogP contribution in [0.4, 0.5) is 0 Å². The highest BCUT2D eigenvalue weighted by atomic mass is 16.1. The molecule has 0 bridgehead atoms. The molecule has 2 nitrogen and oxygen atoms in total. The third-order valence-electron chi connectivity index (χ3n) is 1.52. The monoisotopic (exact) mass is 112 g/mol. The lowest BCUT2D eigenvalue weighted by Gasteiger charge is -2.20. The van der Waals surface area contributed by atoms with E-state index in [0.29, 0.717) is 12.8 Å². The molecule has 0 heterocycles. The molecular formula is C6H8O2. The Labute approximate surface area is 47.9 Å². The maximum atomic E-state index is 10.4. The van der Waals surface area contributed by atoms with Crippen molar-refractivity contribution in [2.24, 2.45) is 5.92 Å². The van der Waals surface area contributed by atoms with Crippen LogP contribution in [0.25, 0.3) is 0 Å². The van der Waals surface area contributed by atoms with Crippen LogP contribution in [0.3, 0.4) is 0 Å². The molecule has 1 fully saturated rings. The molecule has 1 rings (SSSR count). The van der Waals surface area contributed by atoms with Gasteiger partial charge in [0.15, 0.2) is 0 Å². The topological polar surface area (TPSA) is 34.1 Å². The SMILES string of the molecule is CC(=O)C1CC(=O)C1. The highest BCUT2D eigenvalue weighted by molar-refractivity contribution is 5.96. The standard InChI is InChI=1S/C6H8O2/c1-4(7)5-2-6(8)3-5/h5H,2-3H2,1H3. The Bertz CT molecular complexity index is 129. The number of carbonyl (C=O) groups excluding carboxylic acids is 2. The van der Waals surface area contributed by atoms with Crippen LogP contribution in [-0.2, 0) is 9.59 Å². The third kappa shape index (κ3) is 0.782. The van der Waals surface area contributed by atoms with Gasteiger partial charge in [-0.15, -0.1) is 0 Å². The fourth-order valence-corrected chi connectivity index (χ4v) is 0.777. The molecule has 0 saturated heterocycles. The second kappa shape index (κ2) is 1.69. The van der Waals surface area contributed by atoms with E-state index in [9.17, 15) is 9.59 Å². The van der Waals surface area contributed by atoms with E-state index in [4.69, 9.17) is 0 Å². The van der Waals surface area contributed by atoms with Gasteiger partial charge in [-0.3, -0.25) is 9.59 Å². The maximum absolute atomic E-state index is 10.4. The first-order valence-electron chi connectivity index (χ1n) is 2.72. The Balaban J connectivity index is 2.35. The molecule has 0 aliphatic heterocycles. The van der Waals surface area contributed by atoms with E-state index in [2.05, 4.69) is 0 Å². The lowest BCUT2D eigenvalue weighted by atomic mass is 9.81. The van der Waals surface area contributed by atoms with Crippen LogP contribution in [0.1, 0.15) is 19.8 Å². The minimum atomic E-state index is 0.0718. The lowest BCUT2D eigenvalue weighted by Crippen LogP contribution is -2.28. The van der Waals surface area contributed by atoms with Gasteiger partial charge in [0, 0.05) is 18.8 Å². The minimum Gasteiger partial charge on any atom is -0.300 e. The summed E-state index contributed by atoms with van der Waals surface area (Å²) in [5.41, 5.74) is 0. The molecule has 1 saturated carbocycles. The molecule has 0 N–H and O–H groups in total. The fraction of sp³-hybridized carbons (Fsp3) is 0.667. The van der Waals surface area contributed by atoms with E-state index in [0.717, 1.165) is 0 Å². The summed E-state index contributed by atoms with van der Waals surface area (Å²) in [4.78, 5) is 20.7. The molecule has 0 aromatic heterocycles. The largest absolute Gasteiger partial charge is 0.300 e. The summed E-state index contributed by atoms with van der Waals surface area (Å²) in [7, 11) is 0. The van der Waals surface area contributed by atoms with E-state index in [1.807, 2.05) is 0 Å². The second-order valence-corrected chi connectivity index (χ2v) is 2.25. The maximum Gasteiger partial charge on any atom is 0.134 e. The van der Waals surface area contributed by atoms with Gasteiger partial charge in [-0.25, -0.2) is 0 Å². The highest BCUT2D eigenvalue weighted by Crippen LogP contribution is 2.22. The van der Waals surface area contributed by atoms with Crippen molar-refractivity contribution in [1.82, 2.24) is 0 Å². The van der Waals surface area contributed by atoms with Gasteiger partial charge in [0.1, 0.15) is 11.6 Å². The van der Waals surface area contributed by atoms with Crippen molar-refractivity contribution in [3.05, 3.63) is 0 Å². The lowest BCUT2D eigenvalue weighted by molar-refractivity contribution is -0.135. The molecule has 1 aliphatic carbocycles. The molecule has 0 aromatic rings. The molecule has 0 atom stereocenters. The number of hydrogen-bond donors (Lipinski definition) is 0. The predicted octanol–water partition coefficient (Wildman–Crippen LogP) is 0.554. The molecule has 1 aliphatic rings. The highest BCUT2D eigenvalue weighted by Gasteiger charge is 2.29. The summed E-state index contributed by atoms with van der Waals surface area (Å²) in [5.74, 6) is 0.456. The van der Waals surface area contributed by atoms with Crippen molar-refractivity contribution >= 4 is 11.6 Å². The first-order chi connectivity index (χ1) is 3.70. The zero-order valence-corrected chi connectivity index (χ0v) is 4.81. The predicted molar refractivity (Wildman–Crippen MR) is 28.4 cm³/mol. The van der Waals surface area contributed by atoms with Crippen LogP contribution in [0.5, 0.6) is 0 Å². The quantitative estimate of drug-likeness (QED) is 0.496. The Morgan fingerprint density at radius 1 is 1.62 bits per heavy atom. The summed E-state index contributed by atoms with van der Waals surface area (Å²) in [6, 6.07) is 0. The zero-order valence-electron chi connectivity index (χ0n) is 4.81. The normalized spacial score (nSPS) is 20.4. The van der Waals surface area contributed by atoms with Crippen molar-refractivity contribution in [1.29, 1.82) is 0 Å². The summed E-state index contributed by atoms with van der Waals surface area (Å²) in [5, 5.41) is 0. The Hall–Kier alpha value is -0.660. The number of hydrogen-bond acceptors (Lipinski definition) is 2. The number of Topliss-reactive ketones (excluding diaryl/α,β-unsaturated/α-hetero) is 2. The van der Waals surface area contributed by atoms with Crippen molar-refractivity contribution < 1.29 is 9.59 Å². The van der Waals surface area contributed by atoms with E-state index in [-0.39, 0.29) is 17.5 Å². The molecule has 0 radical (unpaired) electrons. The average molecular weight is 112 g/mol. The van der Waals surface area contributed by atoms with Crippen LogP contribution >= 0.6 is 0 Å². The molecular weight excluding hydrogens is 104 g/mol. The van der Waals surface area contributed by atoms with Gasteiger partial charge in [0.25, 0.3) is 0 Å². The van der Waals surface area contributed by atoms with E-state index >= 15 is 0 Å². The third-order valence-corrected chi connectivity index (χ3v) is 1.52. The van der Waals surface area contributed by atoms with Crippen molar-refractivity contribution in [2.75, 3.05) is 0 Å².